The highest BCUT2D eigenvalue weighted by molar-refractivity contribution is 5.93. The minimum Gasteiger partial charge on any atom is -0.338 e. The van der Waals surface area contributed by atoms with E-state index in [0.29, 0.717) is 28.2 Å². The predicted octanol–water partition coefficient (Wildman–Crippen LogP) is 3.93. The summed E-state index contributed by atoms with van der Waals surface area (Å²) in [5.74, 6) is 5.24. The van der Waals surface area contributed by atoms with E-state index in [-0.39, 0.29) is 18.7 Å². The summed E-state index contributed by atoms with van der Waals surface area (Å²) in [7, 11) is 0. The number of carbonyl (C=O) groups is 1. The highest BCUT2D eigenvalue weighted by Crippen LogP contribution is 2.29. The molecule has 4 heterocycles. The van der Waals surface area contributed by atoms with Gasteiger partial charge in [0.15, 0.2) is 0 Å². The molecular weight excluding hydrogens is 448 g/mol. The number of halogens is 2. The lowest BCUT2D eigenvalue weighted by atomic mass is 10.0. The van der Waals surface area contributed by atoms with Gasteiger partial charge in [-0.3, -0.25) is 9.78 Å². The summed E-state index contributed by atoms with van der Waals surface area (Å²) in [4.78, 5) is 26.2. The van der Waals surface area contributed by atoms with Crippen LogP contribution in [0.25, 0.3) is 0 Å². The van der Waals surface area contributed by atoms with Crippen LogP contribution in [-0.4, -0.2) is 31.6 Å². The van der Waals surface area contributed by atoms with Crippen LogP contribution in [0.3, 0.4) is 0 Å². The molecule has 1 aromatic carbocycles. The lowest BCUT2D eigenvalue weighted by molar-refractivity contribution is 0.0937. The molecule has 0 spiro atoms. The van der Waals surface area contributed by atoms with Gasteiger partial charge in [-0.15, -0.1) is 0 Å². The first-order chi connectivity index (χ1) is 17.0. The third-order valence-corrected chi connectivity index (χ3v) is 5.74. The number of amides is 1. The van der Waals surface area contributed by atoms with Crippen LogP contribution in [0.1, 0.15) is 50.3 Å². The first-order valence-electron chi connectivity index (χ1n) is 11.1. The van der Waals surface area contributed by atoms with Crippen LogP contribution in [0.15, 0.2) is 67.3 Å². The van der Waals surface area contributed by atoms with Gasteiger partial charge in [0.05, 0.1) is 24.6 Å². The van der Waals surface area contributed by atoms with Gasteiger partial charge in [-0.05, 0) is 48.9 Å². The molecule has 1 aliphatic heterocycles. The number of alkyl halides is 1. The minimum atomic E-state index is -1.00. The van der Waals surface area contributed by atoms with Crippen LogP contribution >= 0.6 is 0 Å². The van der Waals surface area contributed by atoms with E-state index in [0.717, 1.165) is 5.56 Å². The molecule has 35 heavy (non-hydrogen) atoms. The largest absolute Gasteiger partial charge is 0.338 e. The molecule has 1 aliphatic rings. The van der Waals surface area contributed by atoms with Gasteiger partial charge in [0.2, 0.25) is 0 Å². The molecule has 1 amide bonds. The Kier molecular flexibility index (Phi) is 6.06. The van der Waals surface area contributed by atoms with E-state index in [2.05, 4.69) is 32.1 Å². The number of nitrogens with one attached hydrogen (secondary N) is 1. The monoisotopic (exact) mass is 469 g/mol. The van der Waals surface area contributed by atoms with Crippen LogP contribution in [0, 0.1) is 24.6 Å². The molecule has 0 fully saturated rings. The predicted molar refractivity (Wildman–Crippen MR) is 126 cm³/mol. The fourth-order valence-electron chi connectivity index (χ4n) is 4.14. The van der Waals surface area contributed by atoms with Crippen LogP contribution in [-0.2, 0) is 13.0 Å². The molecule has 3 aromatic heterocycles. The lowest BCUT2D eigenvalue weighted by Gasteiger charge is -2.19. The van der Waals surface area contributed by atoms with Gasteiger partial charge in [0, 0.05) is 41.3 Å². The van der Waals surface area contributed by atoms with Gasteiger partial charge in [-0.1, -0.05) is 24.0 Å². The van der Waals surface area contributed by atoms with Gasteiger partial charge in [-0.2, -0.15) is 0 Å². The van der Waals surface area contributed by atoms with Gasteiger partial charge in [0.25, 0.3) is 5.91 Å². The van der Waals surface area contributed by atoms with Crippen molar-refractivity contribution >= 4 is 5.91 Å². The number of rotatable bonds is 4. The number of carbonyl (C=O) groups excluding carboxylic acids is 1. The molecule has 0 aliphatic carbocycles. The zero-order valence-corrected chi connectivity index (χ0v) is 18.9. The molecule has 5 rings (SSSR count). The fraction of sp³-hybridized carbons (Fsp3) is 0.185. The average Bonchev–Trinajstić information content (AvgIpc) is 3.41. The average molecular weight is 469 g/mol. The summed E-state index contributed by atoms with van der Waals surface area (Å²) >= 11 is 0. The number of benzene rings is 1. The molecule has 8 heteroatoms. The van der Waals surface area contributed by atoms with Gasteiger partial charge >= 0.3 is 0 Å². The van der Waals surface area contributed by atoms with Crippen molar-refractivity contribution in [2.24, 2.45) is 0 Å². The van der Waals surface area contributed by atoms with Crippen LogP contribution < -0.4 is 5.32 Å². The quantitative estimate of drug-likeness (QED) is 0.460. The summed E-state index contributed by atoms with van der Waals surface area (Å²) in [6.07, 6.45) is 4.11. The molecule has 1 N–H and O–H groups in total. The normalized spacial score (nSPS) is 15.1. The van der Waals surface area contributed by atoms with E-state index in [1.54, 1.807) is 60.5 Å². The maximum atomic E-state index is 14.0. The molecule has 6 nitrogen and oxygen atoms in total. The van der Waals surface area contributed by atoms with E-state index < -0.39 is 23.9 Å². The second-order valence-electron chi connectivity index (χ2n) is 8.36. The number of pyridine rings is 2. The van der Waals surface area contributed by atoms with E-state index >= 15 is 0 Å². The molecule has 0 saturated carbocycles. The van der Waals surface area contributed by atoms with E-state index in [9.17, 15) is 13.6 Å². The van der Waals surface area contributed by atoms with E-state index in [4.69, 9.17) is 0 Å². The maximum absolute atomic E-state index is 14.0. The second-order valence-corrected chi connectivity index (χ2v) is 8.36. The Labute approximate surface area is 201 Å². The molecule has 2 atom stereocenters. The number of hydrogen-bond donors (Lipinski definition) is 1. The molecule has 4 aromatic rings. The molecule has 174 valence electrons. The highest BCUT2D eigenvalue weighted by atomic mass is 19.1. The van der Waals surface area contributed by atoms with Crippen LogP contribution in [0.4, 0.5) is 8.78 Å². The summed E-state index contributed by atoms with van der Waals surface area (Å²) in [6.45, 7) is 2.01. The first kappa shape index (κ1) is 22.4. The van der Waals surface area contributed by atoms with Crippen molar-refractivity contribution < 1.29 is 13.6 Å². The number of hydrogen-bond acceptors (Lipinski definition) is 4. The molecule has 0 bridgehead atoms. The molecular formula is C27H21F2N5O. The van der Waals surface area contributed by atoms with Crippen molar-refractivity contribution in [2.45, 2.75) is 32.1 Å². The van der Waals surface area contributed by atoms with Crippen molar-refractivity contribution in [1.29, 1.82) is 0 Å². The van der Waals surface area contributed by atoms with E-state index in [1.165, 1.54) is 12.1 Å². The second kappa shape index (κ2) is 9.47. The third kappa shape index (κ3) is 4.94. The Balaban J connectivity index is 1.47. The number of aromatic nitrogens is 4. The topological polar surface area (TPSA) is 72.7 Å². The Hall–Kier alpha value is -4.38. The van der Waals surface area contributed by atoms with Crippen LogP contribution in [0.5, 0.6) is 0 Å². The summed E-state index contributed by atoms with van der Waals surface area (Å²) in [5.41, 5.74) is 4.09. The number of imidazole rings is 1. The Morgan fingerprint density at radius 2 is 1.97 bits per heavy atom. The van der Waals surface area contributed by atoms with Crippen molar-refractivity contribution in [2.75, 3.05) is 0 Å². The van der Waals surface area contributed by atoms with Gasteiger partial charge in [0.1, 0.15) is 17.7 Å². The van der Waals surface area contributed by atoms with Crippen molar-refractivity contribution in [1.82, 2.24) is 24.8 Å². The molecule has 0 saturated heterocycles. The Bertz CT molecular complexity index is 1440. The maximum Gasteiger partial charge on any atom is 0.270 e. The fourth-order valence-corrected chi connectivity index (χ4v) is 4.14. The van der Waals surface area contributed by atoms with Crippen molar-refractivity contribution in [3.63, 3.8) is 0 Å². The van der Waals surface area contributed by atoms with Crippen molar-refractivity contribution in [3.05, 3.63) is 113 Å². The van der Waals surface area contributed by atoms with Crippen LogP contribution in [0.2, 0.25) is 0 Å². The molecule has 0 radical (unpaired) electrons. The Morgan fingerprint density at radius 3 is 2.74 bits per heavy atom. The zero-order valence-electron chi connectivity index (χ0n) is 18.9. The Morgan fingerprint density at radius 1 is 1.17 bits per heavy atom. The van der Waals surface area contributed by atoms with Crippen molar-refractivity contribution in [3.8, 4) is 11.8 Å². The van der Waals surface area contributed by atoms with E-state index in [1.807, 2.05) is 6.07 Å². The lowest BCUT2D eigenvalue weighted by Crippen LogP contribution is -2.31. The zero-order chi connectivity index (χ0) is 24.4. The number of nitrogens with zero attached hydrogens (tertiary/aromatic N) is 4. The summed E-state index contributed by atoms with van der Waals surface area (Å²) in [6, 6.07) is 12.2. The highest BCUT2D eigenvalue weighted by Gasteiger charge is 2.30. The smallest absolute Gasteiger partial charge is 0.270 e. The number of aryl methyl sites for hydroxylation is 1. The summed E-state index contributed by atoms with van der Waals surface area (Å²) in [5, 5.41) is 2.96. The standard InChI is InChI=1S/C27H21F2N5O/c1-17-11-19(5-4-18-3-2-10-30-14-18)12-23(32-17)27(35)33-25(20-6-8-21(28)9-7-20)26-24-13-22(29)15-34(24)16-31-26/h2-3,6-12,14,16,22,25H,13,15H2,1H3,(H,33,35)/t22-,25?/m1/s1. The first-order valence-corrected chi connectivity index (χ1v) is 11.1. The third-order valence-electron chi connectivity index (χ3n) is 5.74. The molecule has 1 unspecified atom stereocenters. The number of fused-ring (bicyclic) bond motifs is 1. The van der Waals surface area contributed by atoms with Gasteiger partial charge in [-0.25, -0.2) is 18.7 Å². The minimum absolute atomic E-state index is 0.187. The summed E-state index contributed by atoms with van der Waals surface area (Å²) < 4.78 is 29.4. The SMILES string of the molecule is Cc1cc(C#Cc2cccnc2)cc(C(=O)NC(c2ccc(F)cc2)c2ncn3c2C[C@@H](F)C3)n1. The van der Waals surface area contributed by atoms with Gasteiger partial charge < -0.3 is 9.88 Å².